The van der Waals surface area contributed by atoms with Gasteiger partial charge in [0.05, 0.1) is 6.61 Å². The van der Waals surface area contributed by atoms with Gasteiger partial charge in [-0.1, -0.05) is 13.8 Å². The summed E-state index contributed by atoms with van der Waals surface area (Å²) in [4.78, 5) is 22.7. The summed E-state index contributed by atoms with van der Waals surface area (Å²) >= 11 is 0. The molecule has 2 N–H and O–H groups in total. The summed E-state index contributed by atoms with van der Waals surface area (Å²) in [6.07, 6.45) is 2.02. The van der Waals surface area contributed by atoms with Crippen LogP contribution < -0.4 is 0 Å². The number of aliphatic hydroxyl groups excluding tert-OH is 1. The molecule has 3 fully saturated rings. The average Bonchev–Trinajstić information content (AvgIpc) is 2.40. The second kappa shape index (κ2) is 4.01. The van der Waals surface area contributed by atoms with Crippen molar-refractivity contribution in [2.75, 3.05) is 6.61 Å². The third kappa shape index (κ3) is 1.65. The third-order valence-corrected chi connectivity index (χ3v) is 5.83. The average molecular weight is 270 g/mol. The Morgan fingerprint density at radius 2 is 2.00 bits per heavy atom. The number of rotatable bonds is 1. The Bertz CT molecular complexity index is 407. The zero-order valence-corrected chi connectivity index (χ0v) is 11.5. The van der Waals surface area contributed by atoms with E-state index in [9.17, 15) is 15.0 Å². The van der Waals surface area contributed by atoms with Crippen LogP contribution in [0.5, 0.6) is 0 Å². The van der Waals surface area contributed by atoms with Crippen molar-refractivity contribution in [1.29, 1.82) is 0 Å². The minimum absolute atomic E-state index is 0.0234. The summed E-state index contributed by atoms with van der Waals surface area (Å²) in [5, 5.41) is 19.8. The van der Waals surface area contributed by atoms with Crippen molar-refractivity contribution >= 4 is 5.78 Å². The fourth-order valence-electron chi connectivity index (χ4n) is 4.13. The molecule has 5 nitrogen and oxygen atoms in total. The zero-order valence-electron chi connectivity index (χ0n) is 11.5. The largest absolute Gasteiger partial charge is 0.393 e. The van der Waals surface area contributed by atoms with Crippen molar-refractivity contribution in [3.63, 3.8) is 0 Å². The van der Waals surface area contributed by atoms with Gasteiger partial charge in [0.1, 0.15) is 11.7 Å². The lowest BCUT2D eigenvalue weighted by atomic mass is 9.48. The molecule has 1 saturated heterocycles. The molecule has 3 aliphatic rings. The van der Waals surface area contributed by atoms with E-state index in [0.717, 1.165) is 6.42 Å². The first kappa shape index (κ1) is 13.5. The van der Waals surface area contributed by atoms with Gasteiger partial charge in [-0.05, 0) is 31.1 Å². The summed E-state index contributed by atoms with van der Waals surface area (Å²) in [6.45, 7) is 4.00. The van der Waals surface area contributed by atoms with E-state index in [-0.39, 0.29) is 23.2 Å². The smallest absolute Gasteiger partial charge is 0.165 e. The van der Waals surface area contributed by atoms with E-state index in [1.54, 1.807) is 0 Å². The van der Waals surface area contributed by atoms with Gasteiger partial charge in [0.25, 0.3) is 0 Å². The highest BCUT2D eigenvalue weighted by atomic mass is 17.2. The lowest BCUT2D eigenvalue weighted by molar-refractivity contribution is -0.440. The number of Topliss-reactive ketones (excluding diaryl/α,β-unsaturated/α-hetero) is 1. The summed E-state index contributed by atoms with van der Waals surface area (Å²) < 4.78 is 0. The molecule has 0 radical (unpaired) electrons. The summed E-state index contributed by atoms with van der Waals surface area (Å²) in [6, 6.07) is 0. The van der Waals surface area contributed by atoms with Crippen molar-refractivity contribution in [2.24, 2.45) is 10.8 Å². The van der Waals surface area contributed by atoms with Crippen LogP contribution in [0, 0.1) is 10.8 Å². The zero-order chi connectivity index (χ0) is 13.9. The molecular weight excluding hydrogens is 248 g/mol. The molecule has 2 aliphatic carbocycles. The molecule has 108 valence electrons. The molecule has 0 aromatic rings. The number of hydrogen-bond acceptors (Lipinski definition) is 5. The highest BCUT2D eigenvalue weighted by Gasteiger charge is 2.65. The van der Waals surface area contributed by atoms with Gasteiger partial charge in [0, 0.05) is 11.8 Å². The topological polar surface area (TPSA) is 76.0 Å². The van der Waals surface area contributed by atoms with Crippen LogP contribution in [0.4, 0.5) is 0 Å². The number of carbonyl (C=O) groups is 1. The van der Waals surface area contributed by atoms with Gasteiger partial charge < -0.3 is 10.2 Å². The van der Waals surface area contributed by atoms with Crippen LogP contribution >= 0.6 is 0 Å². The van der Waals surface area contributed by atoms with Crippen molar-refractivity contribution in [3.8, 4) is 0 Å². The summed E-state index contributed by atoms with van der Waals surface area (Å²) in [5.41, 5.74) is -1.54. The molecule has 4 atom stereocenters. The van der Waals surface area contributed by atoms with Gasteiger partial charge in [-0.2, -0.15) is 0 Å². The number of hydrogen-bond donors (Lipinski definition) is 2. The SMILES string of the molecule is CC1(C)CCC(=O)[C@H]2OO[C@@H]3C[C@]21CC[C@@]3(O)CO. The molecule has 19 heavy (non-hydrogen) atoms. The van der Waals surface area contributed by atoms with Crippen LogP contribution in [0.25, 0.3) is 0 Å². The lowest BCUT2D eigenvalue weighted by Gasteiger charge is -2.61. The van der Waals surface area contributed by atoms with Crippen LogP contribution in [0.2, 0.25) is 0 Å². The standard InChI is InChI=1S/C14H22O5/c1-12(2)4-3-9(16)11-13(12)5-6-14(17,8-15)10(7-13)18-19-11/h10-11,15,17H,3-8H2,1-2H3/t10-,11-,13-,14-/m1/s1. The summed E-state index contributed by atoms with van der Waals surface area (Å²) in [5.74, 6) is 0.104. The van der Waals surface area contributed by atoms with Crippen LogP contribution in [0.3, 0.4) is 0 Å². The fourth-order valence-corrected chi connectivity index (χ4v) is 4.13. The molecule has 5 heteroatoms. The van der Waals surface area contributed by atoms with Crippen LogP contribution in [-0.2, 0) is 14.6 Å². The minimum atomic E-state index is -1.24. The molecule has 0 unspecified atom stereocenters. The second-order valence-corrected chi connectivity index (χ2v) is 7.03. The van der Waals surface area contributed by atoms with Crippen molar-refractivity contribution in [2.45, 2.75) is 63.8 Å². The number of fused-ring (bicyclic) bond motifs is 1. The quantitative estimate of drug-likeness (QED) is 0.694. The van der Waals surface area contributed by atoms with Crippen molar-refractivity contribution in [3.05, 3.63) is 0 Å². The Morgan fingerprint density at radius 3 is 2.68 bits per heavy atom. The maximum atomic E-state index is 12.1. The molecule has 2 bridgehead atoms. The van der Waals surface area contributed by atoms with Crippen LogP contribution in [-0.4, -0.2) is 40.4 Å². The maximum Gasteiger partial charge on any atom is 0.165 e. The Balaban J connectivity index is 1.98. The van der Waals surface area contributed by atoms with E-state index in [2.05, 4.69) is 13.8 Å². The Labute approximate surface area is 112 Å². The highest BCUT2D eigenvalue weighted by molar-refractivity contribution is 5.85. The van der Waals surface area contributed by atoms with E-state index in [4.69, 9.17) is 9.78 Å². The van der Waals surface area contributed by atoms with Gasteiger partial charge in [0.15, 0.2) is 11.9 Å². The molecular formula is C14H22O5. The fraction of sp³-hybridized carbons (Fsp3) is 0.929. The molecule has 1 spiro atoms. The molecule has 1 aliphatic heterocycles. The predicted octanol–water partition coefficient (Wildman–Crippen LogP) is 0.968. The van der Waals surface area contributed by atoms with Crippen LogP contribution in [0.15, 0.2) is 0 Å². The van der Waals surface area contributed by atoms with Crippen LogP contribution in [0.1, 0.15) is 46.0 Å². The van der Waals surface area contributed by atoms with Gasteiger partial charge >= 0.3 is 0 Å². The predicted molar refractivity (Wildman–Crippen MR) is 66.1 cm³/mol. The van der Waals surface area contributed by atoms with Crippen molar-refractivity contribution < 1.29 is 24.8 Å². The van der Waals surface area contributed by atoms with E-state index >= 15 is 0 Å². The minimum Gasteiger partial charge on any atom is -0.393 e. The molecule has 1 heterocycles. The van der Waals surface area contributed by atoms with Gasteiger partial charge in [-0.3, -0.25) is 4.79 Å². The third-order valence-electron chi connectivity index (χ3n) is 5.83. The van der Waals surface area contributed by atoms with Crippen molar-refractivity contribution in [1.82, 2.24) is 0 Å². The van der Waals surface area contributed by atoms with E-state index < -0.39 is 17.8 Å². The van der Waals surface area contributed by atoms with Gasteiger partial charge in [-0.15, -0.1) is 0 Å². The molecule has 0 amide bonds. The first-order valence-electron chi connectivity index (χ1n) is 7.03. The molecule has 2 saturated carbocycles. The van der Waals surface area contributed by atoms with E-state index in [0.29, 0.717) is 25.7 Å². The van der Waals surface area contributed by atoms with Gasteiger partial charge in [-0.25, -0.2) is 9.78 Å². The molecule has 0 aromatic carbocycles. The van der Waals surface area contributed by atoms with Gasteiger partial charge in [0.2, 0.25) is 0 Å². The lowest BCUT2D eigenvalue weighted by Crippen LogP contribution is -2.67. The van der Waals surface area contributed by atoms with E-state index in [1.165, 1.54) is 0 Å². The highest BCUT2D eigenvalue weighted by Crippen LogP contribution is 2.61. The first-order chi connectivity index (χ1) is 8.85. The Hall–Kier alpha value is -0.490. The number of aliphatic hydroxyl groups is 2. The molecule has 0 aromatic heterocycles. The van der Waals surface area contributed by atoms with E-state index in [1.807, 2.05) is 0 Å². The number of carbonyl (C=O) groups excluding carboxylic acids is 1. The first-order valence-corrected chi connectivity index (χ1v) is 7.03. The summed E-state index contributed by atoms with van der Waals surface area (Å²) in [7, 11) is 0. The number of ketones is 1. The maximum absolute atomic E-state index is 12.1. The normalized spacial score (nSPS) is 48.7. The second-order valence-electron chi connectivity index (χ2n) is 7.03. The Kier molecular flexibility index (Phi) is 2.85. The monoisotopic (exact) mass is 270 g/mol. The molecule has 3 rings (SSSR count). The Morgan fingerprint density at radius 1 is 1.26 bits per heavy atom.